The summed E-state index contributed by atoms with van der Waals surface area (Å²) < 4.78 is 18.5. The lowest BCUT2D eigenvalue weighted by Gasteiger charge is -2.43. The summed E-state index contributed by atoms with van der Waals surface area (Å²) in [4.78, 5) is 26.4. The van der Waals surface area contributed by atoms with Crippen LogP contribution in [0.5, 0.6) is 0 Å². The van der Waals surface area contributed by atoms with E-state index in [9.17, 15) is 14.7 Å². The number of nitrogens with zero attached hydrogens (tertiary/aromatic N) is 1. The second kappa shape index (κ2) is 15.8. The monoisotopic (exact) mass is 622 g/mol. The molecule has 1 fully saturated rings. The van der Waals surface area contributed by atoms with E-state index in [0.717, 1.165) is 29.8 Å². The fraction of sp³-hybridized carbons (Fsp3) is 0.316. The Balaban J connectivity index is 1.43. The second-order valence-corrected chi connectivity index (χ2v) is 11.8. The molecule has 1 aliphatic heterocycles. The second-order valence-electron chi connectivity index (χ2n) is 11.8. The Kier molecular flexibility index (Phi) is 11.3. The number of nitrogens with one attached hydrogen (secondary N) is 1. The van der Waals surface area contributed by atoms with Crippen LogP contribution >= 0.6 is 0 Å². The summed E-state index contributed by atoms with van der Waals surface area (Å²) in [7, 11) is 0. The van der Waals surface area contributed by atoms with Crippen molar-refractivity contribution >= 4 is 17.6 Å². The summed E-state index contributed by atoms with van der Waals surface area (Å²) >= 11 is 0. The van der Waals surface area contributed by atoms with Gasteiger partial charge in [-0.2, -0.15) is 0 Å². The number of rotatable bonds is 12. The third kappa shape index (κ3) is 8.89. The summed E-state index contributed by atoms with van der Waals surface area (Å²) in [5, 5.41) is 12.4. The predicted molar refractivity (Wildman–Crippen MR) is 176 cm³/mol. The fourth-order valence-electron chi connectivity index (χ4n) is 5.76. The number of ether oxygens (including phenoxy) is 3. The molecule has 0 saturated carbocycles. The number of anilines is 1. The third-order valence-corrected chi connectivity index (χ3v) is 8.20. The average molecular weight is 623 g/mol. The zero-order valence-corrected chi connectivity index (χ0v) is 26.5. The van der Waals surface area contributed by atoms with Crippen molar-refractivity contribution in [1.82, 2.24) is 4.90 Å². The van der Waals surface area contributed by atoms with E-state index in [1.807, 2.05) is 54.6 Å². The van der Waals surface area contributed by atoms with Crippen molar-refractivity contribution in [3.63, 3.8) is 0 Å². The number of hydrogen-bond donors (Lipinski definition) is 2. The largest absolute Gasteiger partial charge is 0.453 e. The molecule has 5 rings (SSSR count). The molecule has 1 saturated heterocycles. The van der Waals surface area contributed by atoms with Gasteiger partial charge in [-0.3, -0.25) is 14.5 Å². The van der Waals surface area contributed by atoms with Crippen LogP contribution in [0.15, 0.2) is 109 Å². The molecule has 1 amide bonds. The van der Waals surface area contributed by atoms with Gasteiger partial charge in [0.25, 0.3) is 5.91 Å². The van der Waals surface area contributed by atoms with Gasteiger partial charge >= 0.3 is 5.97 Å². The Labute approximate surface area is 270 Å². The Morgan fingerprint density at radius 3 is 2.04 bits per heavy atom. The van der Waals surface area contributed by atoms with Crippen LogP contribution in [0, 0.1) is 5.92 Å². The minimum absolute atomic E-state index is 0.00209. The van der Waals surface area contributed by atoms with Gasteiger partial charge in [-0.05, 0) is 41.3 Å². The van der Waals surface area contributed by atoms with E-state index in [1.54, 1.807) is 6.07 Å². The molecule has 2 N–H and O–H groups in total. The van der Waals surface area contributed by atoms with Crippen LogP contribution in [0.4, 0.5) is 5.69 Å². The van der Waals surface area contributed by atoms with Crippen molar-refractivity contribution in [3.8, 4) is 0 Å². The van der Waals surface area contributed by atoms with Crippen molar-refractivity contribution in [3.05, 3.63) is 137 Å². The topological polar surface area (TPSA) is 97.3 Å². The number of esters is 1. The number of benzene rings is 4. The first kappa shape index (κ1) is 33.0. The first-order valence-corrected chi connectivity index (χ1v) is 15.7. The zero-order valence-electron chi connectivity index (χ0n) is 26.5. The van der Waals surface area contributed by atoms with Crippen LogP contribution in [-0.2, 0) is 43.5 Å². The van der Waals surface area contributed by atoms with Gasteiger partial charge < -0.3 is 24.6 Å². The van der Waals surface area contributed by atoms with Gasteiger partial charge in [-0.25, -0.2) is 0 Å². The van der Waals surface area contributed by atoms with Crippen LogP contribution in [0.3, 0.4) is 0 Å². The van der Waals surface area contributed by atoms with Crippen molar-refractivity contribution in [1.29, 1.82) is 0 Å². The Bertz CT molecular complexity index is 1520. The Morgan fingerprint density at radius 1 is 0.826 bits per heavy atom. The highest BCUT2D eigenvalue weighted by Crippen LogP contribution is 2.42. The molecular formula is C38H42N2O6. The molecule has 46 heavy (non-hydrogen) atoms. The van der Waals surface area contributed by atoms with Crippen molar-refractivity contribution < 1.29 is 28.9 Å². The summed E-state index contributed by atoms with van der Waals surface area (Å²) in [5.41, 5.74) is 5.57. The third-order valence-electron chi connectivity index (χ3n) is 8.20. The van der Waals surface area contributed by atoms with Crippen LogP contribution in [0.25, 0.3) is 0 Å². The first-order valence-electron chi connectivity index (χ1n) is 15.7. The molecule has 0 radical (unpaired) electrons. The van der Waals surface area contributed by atoms with Crippen molar-refractivity contribution in [2.24, 2.45) is 5.92 Å². The summed E-state index contributed by atoms with van der Waals surface area (Å²) in [6, 6.07) is 36.1. The SMILES string of the molecule is CC(=O)O[C@@H](C)C(=O)Nc1cccc([C@@H]2O[C@H](CN(Cc3ccccc3)Cc3ccccc3)[C@H](C)[C@H](c3ccc(CO)cc3)O2)c1. The highest BCUT2D eigenvalue weighted by Gasteiger charge is 2.39. The fourth-order valence-corrected chi connectivity index (χ4v) is 5.76. The van der Waals surface area contributed by atoms with Crippen LogP contribution in [0.1, 0.15) is 61.0 Å². The summed E-state index contributed by atoms with van der Waals surface area (Å²) in [6.07, 6.45) is -2.12. The zero-order chi connectivity index (χ0) is 32.5. The van der Waals surface area contributed by atoms with Gasteiger partial charge in [0.15, 0.2) is 12.4 Å². The number of carbonyl (C=O) groups excluding carboxylic acids is 2. The molecule has 4 aromatic carbocycles. The molecule has 4 aromatic rings. The molecule has 0 bridgehead atoms. The summed E-state index contributed by atoms with van der Waals surface area (Å²) in [5.74, 6) is -0.950. The molecule has 0 spiro atoms. The van der Waals surface area contributed by atoms with Gasteiger partial charge in [0.05, 0.1) is 18.8 Å². The highest BCUT2D eigenvalue weighted by atomic mass is 16.7. The van der Waals surface area contributed by atoms with E-state index in [2.05, 4.69) is 65.7 Å². The average Bonchev–Trinajstić information content (AvgIpc) is 3.06. The quantitative estimate of drug-likeness (QED) is 0.173. The van der Waals surface area contributed by atoms with Gasteiger partial charge in [-0.1, -0.05) is 104 Å². The summed E-state index contributed by atoms with van der Waals surface area (Å²) in [6.45, 7) is 7.10. The first-order chi connectivity index (χ1) is 22.3. The minimum atomic E-state index is -0.931. The van der Waals surface area contributed by atoms with Gasteiger partial charge in [0, 0.05) is 43.7 Å². The molecule has 8 nitrogen and oxygen atoms in total. The highest BCUT2D eigenvalue weighted by molar-refractivity contribution is 5.95. The normalized spacial score (nSPS) is 20.2. The number of aliphatic hydroxyl groups excluding tert-OH is 1. The van der Waals surface area contributed by atoms with E-state index in [-0.39, 0.29) is 24.7 Å². The molecule has 1 aliphatic rings. The van der Waals surface area contributed by atoms with Crippen LogP contribution in [-0.4, -0.2) is 40.6 Å². The minimum Gasteiger partial charge on any atom is -0.453 e. The van der Waals surface area contributed by atoms with Crippen LogP contribution in [0.2, 0.25) is 0 Å². The van der Waals surface area contributed by atoms with Gasteiger partial charge in [-0.15, -0.1) is 0 Å². The van der Waals surface area contributed by atoms with Crippen molar-refractivity contribution in [2.45, 2.75) is 65.1 Å². The van der Waals surface area contributed by atoms with Crippen LogP contribution < -0.4 is 5.32 Å². The lowest BCUT2D eigenvalue weighted by atomic mass is 9.89. The standard InChI is InChI=1S/C38H42N2O6/c1-26-35(24-40(22-29-11-6-4-7-12-29)23-30-13-8-5-9-14-30)45-38(46-36(26)32-19-17-31(25-41)18-20-32)33-15-10-16-34(21-33)39-37(43)27(2)44-28(3)42/h4-21,26-27,35-36,38,41H,22-25H2,1-3H3,(H,39,43)/t26-,27-,35+,36+,38+/m0/s1. The number of aliphatic hydroxyl groups is 1. The number of amides is 1. The molecular weight excluding hydrogens is 580 g/mol. The van der Waals surface area contributed by atoms with Gasteiger partial charge in [0.2, 0.25) is 0 Å². The van der Waals surface area contributed by atoms with E-state index in [4.69, 9.17) is 14.2 Å². The number of carbonyl (C=O) groups is 2. The maximum absolute atomic E-state index is 12.7. The molecule has 0 aromatic heterocycles. The molecule has 5 atom stereocenters. The predicted octanol–water partition coefficient (Wildman–Crippen LogP) is 6.56. The molecule has 0 unspecified atom stereocenters. The molecule has 1 heterocycles. The Morgan fingerprint density at radius 2 is 1.46 bits per heavy atom. The maximum Gasteiger partial charge on any atom is 0.303 e. The smallest absolute Gasteiger partial charge is 0.303 e. The molecule has 8 heteroatoms. The lowest BCUT2D eigenvalue weighted by Crippen LogP contribution is -2.44. The maximum atomic E-state index is 12.7. The van der Waals surface area contributed by atoms with E-state index in [0.29, 0.717) is 12.2 Å². The number of hydrogen-bond acceptors (Lipinski definition) is 7. The van der Waals surface area contributed by atoms with Crippen molar-refractivity contribution in [2.75, 3.05) is 11.9 Å². The Hall–Kier alpha value is -4.34. The van der Waals surface area contributed by atoms with E-state index in [1.165, 1.54) is 25.0 Å². The molecule has 0 aliphatic carbocycles. The molecule has 240 valence electrons. The van der Waals surface area contributed by atoms with Gasteiger partial charge in [0.1, 0.15) is 0 Å². The van der Waals surface area contributed by atoms with E-state index < -0.39 is 24.3 Å². The lowest BCUT2D eigenvalue weighted by molar-refractivity contribution is -0.276. The van der Waals surface area contributed by atoms with E-state index >= 15 is 0 Å².